The number of nitrogens with zero attached hydrogens (tertiary/aromatic N) is 1. The number of thioether (sulfide) groups is 1. The lowest BCUT2D eigenvalue weighted by Crippen LogP contribution is -2.31. The largest absolute Gasteiger partial charge is 0.480 e. The molecule has 0 aliphatic carbocycles. The van der Waals surface area contributed by atoms with Crippen LogP contribution in [0.2, 0.25) is 0 Å². The highest BCUT2D eigenvalue weighted by Crippen LogP contribution is 2.16. The SMILES string of the molecule is CC(C)=CCCC(C)=CCCC(C)=CCSCC(Nc1nccs1)C(=O)O. The van der Waals surface area contributed by atoms with E-state index < -0.39 is 12.0 Å². The molecule has 1 unspecified atom stereocenters. The van der Waals surface area contributed by atoms with Gasteiger partial charge >= 0.3 is 5.97 Å². The second kappa shape index (κ2) is 13.6. The van der Waals surface area contributed by atoms with Crippen LogP contribution < -0.4 is 5.32 Å². The molecule has 1 aromatic heterocycles. The molecule has 27 heavy (non-hydrogen) atoms. The van der Waals surface area contributed by atoms with Crippen LogP contribution >= 0.6 is 23.1 Å². The minimum absolute atomic E-state index is 0.516. The first-order valence-electron chi connectivity index (χ1n) is 9.29. The molecule has 0 bridgehead atoms. The molecule has 0 radical (unpaired) electrons. The molecule has 0 fully saturated rings. The summed E-state index contributed by atoms with van der Waals surface area (Å²) in [6.07, 6.45) is 12.9. The molecule has 0 spiro atoms. The fourth-order valence-electron chi connectivity index (χ4n) is 2.34. The second-order valence-corrected chi connectivity index (χ2v) is 8.84. The van der Waals surface area contributed by atoms with E-state index in [0.717, 1.165) is 31.4 Å². The number of allylic oxidation sites excluding steroid dienone is 5. The summed E-state index contributed by atoms with van der Waals surface area (Å²) in [6.45, 7) is 8.63. The summed E-state index contributed by atoms with van der Waals surface area (Å²) in [7, 11) is 0. The van der Waals surface area contributed by atoms with Crippen LogP contribution in [0, 0.1) is 0 Å². The third-order valence-electron chi connectivity index (χ3n) is 3.99. The summed E-state index contributed by atoms with van der Waals surface area (Å²) in [5.74, 6) is 0.507. The predicted molar refractivity (Wildman–Crippen MR) is 120 cm³/mol. The van der Waals surface area contributed by atoms with Crippen molar-refractivity contribution in [3.63, 3.8) is 0 Å². The van der Waals surface area contributed by atoms with E-state index in [1.165, 1.54) is 28.1 Å². The Kier molecular flexibility index (Phi) is 11.9. The number of aromatic nitrogens is 1. The number of carboxylic acid groups (broad SMARTS) is 1. The second-order valence-electron chi connectivity index (χ2n) is 6.87. The molecule has 0 saturated heterocycles. The Morgan fingerprint density at radius 2 is 1.85 bits per heavy atom. The normalized spacial score (nSPS) is 13.3. The zero-order valence-electron chi connectivity index (χ0n) is 16.8. The molecule has 150 valence electrons. The minimum Gasteiger partial charge on any atom is -0.480 e. The first-order valence-corrected chi connectivity index (χ1v) is 11.3. The van der Waals surface area contributed by atoms with Crippen molar-refractivity contribution in [2.24, 2.45) is 0 Å². The van der Waals surface area contributed by atoms with Crippen molar-refractivity contribution in [3.05, 3.63) is 46.5 Å². The van der Waals surface area contributed by atoms with Crippen molar-refractivity contribution in [3.8, 4) is 0 Å². The fourth-order valence-corrected chi connectivity index (χ4v) is 3.93. The Bertz CT molecular complexity index is 645. The fraction of sp³-hybridized carbons (Fsp3) is 0.524. The lowest BCUT2D eigenvalue weighted by Gasteiger charge is -2.12. The number of nitrogens with one attached hydrogen (secondary N) is 1. The number of thiazole rings is 1. The molecule has 2 N–H and O–H groups in total. The predicted octanol–water partition coefficient (Wildman–Crippen LogP) is 6.16. The molecule has 6 heteroatoms. The molecule has 0 amide bonds. The van der Waals surface area contributed by atoms with Crippen molar-refractivity contribution < 1.29 is 9.90 Å². The van der Waals surface area contributed by atoms with Gasteiger partial charge in [-0.3, -0.25) is 0 Å². The number of carboxylic acids is 1. The van der Waals surface area contributed by atoms with E-state index >= 15 is 0 Å². The van der Waals surface area contributed by atoms with Gasteiger partial charge in [0.05, 0.1) is 0 Å². The van der Waals surface area contributed by atoms with Crippen LogP contribution in [0.1, 0.15) is 53.4 Å². The van der Waals surface area contributed by atoms with Crippen LogP contribution in [-0.4, -0.2) is 33.6 Å². The Labute approximate surface area is 171 Å². The lowest BCUT2D eigenvalue weighted by molar-refractivity contribution is -0.137. The third-order valence-corrected chi connectivity index (χ3v) is 5.66. The molecule has 0 saturated carbocycles. The molecule has 1 heterocycles. The Morgan fingerprint density at radius 3 is 2.44 bits per heavy atom. The summed E-state index contributed by atoms with van der Waals surface area (Å²) < 4.78 is 0. The Hall–Kier alpha value is -1.53. The molecule has 1 atom stereocenters. The standard InChI is InChI=1S/C21H32N2O2S2/c1-16(2)7-5-8-17(3)9-6-10-18(4)11-13-26-15-19(20(24)25)23-21-22-12-14-27-21/h7,9,11-12,14,19H,5-6,8,10,13,15H2,1-4H3,(H,22,23)(H,24,25). The number of aliphatic carboxylic acids is 1. The van der Waals surface area contributed by atoms with Gasteiger partial charge in [-0.25, -0.2) is 9.78 Å². The summed E-state index contributed by atoms with van der Waals surface area (Å²) in [5, 5.41) is 14.8. The summed E-state index contributed by atoms with van der Waals surface area (Å²) in [6, 6.07) is -0.610. The number of hydrogen-bond acceptors (Lipinski definition) is 5. The average Bonchev–Trinajstić information content (AvgIpc) is 3.10. The van der Waals surface area contributed by atoms with Gasteiger partial charge < -0.3 is 10.4 Å². The third kappa shape index (κ3) is 11.7. The monoisotopic (exact) mass is 408 g/mol. The van der Waals surface area contributed by atoms with Crippen LogP contribution in [0.4, 0.5) is 5.13 Å². The van der Waals surface area contributed by atoms with Gasteiger partial charge in [-0.15, -0.1) is 11.3 Å². The van der Waals surface area contributed by atoms with Gasteiger partial charge in [0.2, 0.25) is 0 Å². The highest BCUT2D eigenvalue weighted by Gasteiger charge is 2.17. The molecular weight excluding hydrogens is 376 g/mol. The zero-order valence-corrected chi connectivity index (χ0v) is 18.5. The van der Waals surface area contributed by atoms with Crippen molar-refractivity contribution in [2.75, 3.05) is 16.8 Å². The van der Waals surface area contributed by atoms with Crippen LogP contribution in [0.3, 0.4) is 0 Å². The summed E-state index contributed by atoms with van der Waals surface area (Å²) in [5.41, 5.74) is 4.19. The number of hydrogen-bond donors (Lipinski definition) is 2. The molecule has 0 aliphatic rings. The van der Waals surface area contributed by atoms with E-state index in [0.29, 0.717) is 10.9 Å². The van der Waals surface area contributed by atoms with Crippen LogP contribution in [-0.2, 0) is 4.79 Å². The van der Waals surface area contributed by atoms with E-state index in [-0.39, 0.29) is 0 Å². The lowest BCUT2D eigenvalue weighted by atomic mass is 10.1. The highest BCUT2D eigenvalue weighted by atomic mass is 32.2. The summed E-state index contributed by atoms with van der Waals surface area (Å²) >= 11 is 3.04. The quantitative estimate of drug-likeness (QED) is 0.302. The summed E-state index contributed by atoms with van der Waals surface area (Å²) in [4.78, 5) is 15.4. The van der Waals surface area contributed by atoms with Crippen molar-refractivity contribution in [2.45, 2.75) is 59.4 Å². The maximum absolute atomic E-state index is 11.3. The van der Waals surface area contributed by atoms with E-state index in [1.54, 1.807) is 18.0 Å². The van der Waals surface area contributed by atoms with Gasteiger partial charge in [0.15, 0.2) is 5.13 Å². The molecular formula is C21H32N2O2S2. The van der Waals surface area contributed by atoms with Crippen molar-refractivity contribution >= 4 is 34.2 Å². The van der Waals surface area contributed by atoms with Gasteiger partial charge in [-0.1, -0.05) is 34.9 Å². The number of rotatable bonds is 13. The molecule has 1 aromatic rings. The first kappa shape index (κ1) is 23.5. The van der Waals surface area contributed by atoms with E-state index in [2.05, 4.69) is 56.2 Å². The molecule has 0 aliphatic heterocycles. The molecule has 4 nitrogen and oxygen atoms in total. The van der Waals surface area contributed by atoms with Crippen molar-refractivity contribution in [1.82, 2.24) is 4.98 Å². The smallest absolute Gasteiger partial charge is 0.327 e. The highest BCUT2D eigenvalue weighted by molar-refractivity contribution is 7.99. The maximum Gasteiger partial charge on any atom is 0.327 e. The maximum atomic E-state index is 11.3. The van der Waals surface area contributed by atoms with Gasteiger partial charge in [-0.05, 0) is 53.4 Å². The molecule has 1 rings (SSSR count). The minimum atomic E-state index is -0.841. The number of anilines is 1. The first-order chi connectivity index (χ1) is 12.9. The van der Waals surface area contributed by atoms with E-state index in [9.17, 15) is 9.90 Å². The topological polar surface area (TPSA) is 62.2 Å². The number of carbonyl (C=O) groups is 1. The van der Waals surface area contributed by atoms with Crippen LogP contribution in [0.15, 0.2) is 46.5 Å². The molecule has 0 aromatic carbocycles. The Morgan fingerprint density at radius 1 is 1.19 bits per heavy atom. The van der Waals surface area contributed by atoms with Crippen molar-refractivity contribution in [1.29, 1.82) is 0 Å². The van der Waals surface area contributed by atoms with E-state index in [1.807, 2.05) is 5.38 Å². The van der Waals surface area contributed by atoms with Crippen LogP contribution in [0.5, 0.6) is 0 Å². The average molecular weight is 409 g/mol. The van der Waals surface area contributed by atoms with Gasteiger partial charge in [-0.2, -0.15) is 11.8 Å². The van der Waals surface area contributed by atoms with E-state index in [4.69, 9.17) is 0 Å². The Balaban J connectivity index is 2.26. The zero-order chi connectivity index (χ0) is 20.1. The van der Waals surface area contributed by atoms with Gasteiger partial charge in [0.25, 0.3) is 0 Å². The van der Waals surface area contributed by atoms with Gasteiger partial charge in [0.1, 0.15) is 6.04 Å². The van der Waals surface area contributed by atoms with Crippen LogP contribution in [0.25, 0.3) is 0 Å². The van der Waals surface area contributed by atoms with Gasteiger partial charge in [0, 0.05) is 23.1 Å².